The predicted molar refractivity (Wildman–Crippen MR) is 70.5 cm³/mol. The summed E-state index contributed by atoms with van der Waals surface area (Å²) >= 11 is 0. The van der Waals surface area contributed by atoms with Crippen LogP contribution in [0.4, 0.5) is 5.82 Å². The Balaban J connectivity index is 3.10. The van der Waals surface area contributed by atoms with E-state index in [0.717, 1.165) is 0 Å². The summed E-state index contributed by atoms with van der Waals surface area (Å²) in [6, 6.07) is -0.991. The maximum Gasteiger partial charge on any atom is 0.246 e. The number of aromatic nitrogens is 2. The molecule has 1 rings (SSSR count). The van der Waals surface area contributed by atoms with E-state index in [1.165, 1.54) is 10.9 Å². The number of amides is 1. The van der Waals surface area contributed by atoms with Crippen LogP contribution in [0.15, 0.2) is 11.1 Å². The number of rotatable bonds is 6. The molecule has 108 valence electrons. The van der Waals surface area contributed by atoms with Crippen molar-refractivity contribution in [2.45, 2.75) is 38.3 Å². The minimum absolute atomic E-state index is 0.110. The fourth-order valence-corrected chi connectivity index (χ4v) is 2.97. The van der Waals surface area contributed by atoms with Crippen molar-refractivity contribution in [3.05, 3.63) is 6.20 Å². The smallest absolute Gasteiger partial charge is 0.246 e. The van der Waals surface area contributed by atoms with E-state index in [2.05, 4.69) is 9.82 Å². The molecule has 0 aliphatic carbocycles. The molecule has 0 aliphatic rings. The lowest BCUT2D eigenvalue weighted by molar-refractivity contribution is -0.120. The van der Waals surface area contributed by atoms with Crippen LogP contribution in [-0.2, 0) is 21.4 Å². The molecule has 0 aromatic carbocycles. The fraction of sp³-hybridized carbons (Fsp3) is 0.600. The number of sulfonamides is 1. The Morgan fingerprint density at radius 2 is 2.11 bits per heavy atom. The highest BCUT2D eigenvalue weighted by atomic mass is 32.2. The zero-order valence-corrected chi connectivity index (χ0v) is 11.9. The standard InChI is InChI=1S/C10H19N5O3S/c1-4-15-5-7(9(11)13-15)19(17,18)14-8(6(2)3)10(12)16/h5-6,8,14H,4H2,1-3H3,(H2,11,13)(H2,12,16). The van der Waals surface area contributed by atoms with Gasteiger partial charge in [0, 0.05) is 12.7 Å². The normalized spacial score (nSPS) is 13.7. The molecule has 0 radical (unpaired) electrons. The number of carbonyl (C=O) groups excluding carboxylic acids is 1. The van der Waals surface area contributed by atoms with Gasteiger partial charge in [-0.1, -0.05) is 13.8 Å². The Labute approximate surface area is 112 Å². The fourth-order valence-electron chi connectivity index (χ4n) is 1.54. The molecule has 1 amide bonds. The van der Waals surface area contributed by atoms with Gasteiger partial charge in [-0.05, 0) is 12.8 Å². The highest BCUT2D eigenvalue weighted by Crippen LogP contribution is 2.17. The molecule has 0 bridgehead atoms. The van der Waals surface area contributed by atoms with Crippen LogP contribution in [0.2, 0.25) is 0 Å². The van der Waals surface area contributed by atoms with Crippen molar-refractivity contribution >= 4 is 21.7 Å². The number of nitrogens with one attached hydrogen (secondary N) is 1. The summed E-state index contributed by atoms with van der Waals surface area (Å²) in [5, 5.41) is 3.85. The summed E-state index contributed by atoms with van der Waals surface area (Å²) in [6.07, 6.45) is 1.32. The molecule has 1 aromatic rings. The van der Waals surface area contributed by atoms with E-state index < -0.39 is 22.0 Å². The maximum atomic E-state index is 12.1. The summed E-state index contributed by atoms with van der Waals surface area (Å²) in [5.41, 5.74) is 10.7. The Morgan fingerprint density at radius 1 is 1.53 bits per heavy atom. The van der Waals surface area contributed by atoms with E-state index in [9.17, 15) is 13.2 Å². The Morgan fingerprint density at radius 3 is 2.47 bits per heavy atom. The second-order valence-corrected chi connectivity index (χ2v) is 6.16. The highest BCUT2D eigenvalue weighted by molar-refractivity contribution is 7.89. The number of aryl methyl sites for hydroxylation is 1. The second kappa shape index (κ2) is 5.57. The molecule has 0 saturated carbocycles. The van der Waals surface area contributed by atoms with Crippen molar-refractivity contribution in [1.82, 2.24) is 14.5 Å². The van der Waals surface area contributed by atoms with Gasteiger partial charge < -0.3 is 11.5 Å². The largest absolute Gasteiger partial charge is 0.381 e. The molecule has 1 aromatic heterocycles. The average Bonchev–Trinajstić information content (AvgIpc) is 2.67. The third kappa shape index (κ3) is 3.44. The summed E-state index contributed by atoms with van der Waals surface area (Å²) in [6.45, 7) is 5.67. The number of carbonyl (C=O) groups is 1. The van der Waals surface area contributed by atoms with Crippen LogP contribution in [0.1, 0.15) is 20.8 Å². The third-order valence-electron chi connectivity index (χ3n) is 2.62. The zero-order valence-electron chi connectivity index (χ0n) is 11.1. The molecule has 0 aliphatic heterocycles. The van der Waals surface area contributed by atoms with Crippen molar-refractivity contribution in [2.75, 3.05) is 5.73 Å². The van der Waals surface area contributed by atoms with Crippen molar-refractivity contribution in [3.8, 4) is 0 Å². The second-order valence-electron chi connectivity index (χ2n) is 4.48. The summed E-state index contributed by atoms with van der Waals surface area (Å²) in [4.78, 5) is 11.1. The van der Waals surface area contributed by atoms with E-state index >= 15 is 0 Å². The summed E-state index contributed by atoms with van der Waals surface area (Å²) in [5.74, 6) is -1.11. The Hall–Kier alpha value is -1.61. The molecular formula is C10H19N5O3S. The first-order chi connectivity index (χ1) is 8.69. The van der Waals surface area contributed by atoms with Crippen LogP contribution in [0, 0.1) is 5.92 Å². The zero-order chi connectivity index (χ0) is 14.8. The number of primary amides is 1. The van der Waals surface area contributed by atoms with E-state index in [0.29, 0.717) is 6.54 Å². The minimum atomic E-state index is -3.93. The highest BCUT2D eigenvalue weighted by Gasteiger charge is 2.29. The van der Waals surface area contributed by atoms with Crippen molar-refractivity contribution in [2.24, 2.45) is 11.7 Å². The summed E-state index contributed by atoms with van der Waals surface area (Å²) < 4.78 is 28.0. The van der Waals surface area contributed by atoms with Crippen LogP contribution >= 0.6 is 0 Å². The van der Waals surface area contributed by atoms with Gasteiger partial charge in [-0.3, -0.25) is 9.48 Å². The van der Waals surface area contributed by atoms with Gasteiger partial charge in [-0.25, -0.2) is 8.42 Å². The molecule has 0 fully saturated rings. The van der Waals surface area contributed by atoms with Crippen LogP contribution in [0.3, 0.4) is 0 Å². The predicted octanol–water partition coefficient (Wildman–Crippen LogP) is -0.727. The summed E-state index contributed by atoms with van der Waals surface area (Å²) in [7, 11) is -3.93. The first-order valence-corrected chi connectivity index (χ1v) is 7.32. The molecular weight excluding hydrogens is 270 g/mol. The first kappa shape index (κ1) is 15.4. The molecule has 0 saturated heterocycles. The van der Waals surface area contributed by atoms with Gasteiger partial charge in [0.05, 0.1) is 0 Å². The number of nitrogen functional groups attached to an aromatic ring is 1. The SMILES string of the molecule is CCn1cc(S(=O)(=O)NC(C(N)=O)C(C)C)c(N)n1. The molecule has 9 heteroatoms. The molecule has 8 nitrogen and oxygen atoms in total. The lowest BCUT2D eigenvalue weighted by atomic mass is 10.1. The van der Waals surface area contributed by atoms with E-state index in [1.807, 2.05) is 0 Å². The molecule has 1 unspecified atom stereocenters. The van der Waals surface area contributed by atoms with Gasteiger partial charge >= 0.3 is 0 Å². The Bertz CT molecular complexity index is 564. The van der Waals surface area contributed by atoms with Crippen LogP contribution < -0.4 is 16.2 Å². The topological polar surface area (TPSA) is 133 Å². The third-order valence-corrected chi connectivity index (χ3v) is 4.08. The first-order valence-electron chi connectivity index (χ1n) is 5.83. The van der Waals surface area contributed by atoms with Gasteiger partial charge in [-0.15, -0.1) is 0 Å². The van der Waals surface area contributed by atoms with Gasteiger partial charge in [-0.2, -0.15) is 9.82 Å². The number of hydrogen-bond donors (Lipinski definition) is 3. The van der Waals surface area contributed by atoms with E-state index in [1.54, 1.807) is 20.8 Å². The molecule has 0 spiro atoms. The van der Waals surface area contributed by atoms with Crippen molar-refractivity contribution in [3.63, 3.8) is 0 Å². The molecule has 5 N–H and O–H groups in total. The lowest BCUT2D eigenvalue weighted by Gasteiger charge is -2.18. The van der Waals surface area contributed by atoms with Crippen LogP contribution in [-0.4, -0.2) is 30.1 Å². The van der Waals surface area contributed by atoms with Gasteiger partial charge in [0.1, 0.15) is 10.9 Å². The van der Waals surface area contributed by atoms with Gasteiger partial charge in [0.2, 0.25) is 15.9 Å². The van der Waals surface area contributed by atoms with E-state index in [-0.39, 0.29) is 16.6 Å². The van der Waals surface area contributed by atoms with Crippen LogP contribution in [0.5, 0.6) is 0 Å². The monoisotopic (exact) mass is 289 g/mol. The van der Waals surface area contributed by atoms with E-state index in [4.69, 9.17) is 11.5 Å². The van der Waals surface area contributed by atoms with Crippen molar-refractivity contribution < 1.29 is 13.2 Å². The van der Waals surface area contributed by atoms with Gasteiger partial charge in [0.15, 0.2) is 5.82 Å². The number of nitrogens with two attached hydrogens (primary N) is 2. The maximum absolute atomic E-state index is 12.1. The number of hydrogen-bond acceptors (Lipinski definition) is 5. The molecule has 1 atom stereocenters. The number of nitrogens with zero attached hydrogens (tertiary/aromatic N) is 2. The molecule has 19 heavy (non-hydrogen) atoms. The van der Waals surface area contributed by atoms with Gasteiger partial charge in [0.25, 0.3) is 0 Å². The quantitative estimate of drug-likeness (QED) is 0.635. The number of anilines is 1. The molecule has 1 heterocycles. The Kier molecular flexibility index (Phi) is 4.53. The van der Waals surface area contributed by atoms with Crippen molar-refractivity contribution in [1.29, 1.82) is 0 Å². The van der Waals surface area contributed by atoms with Crippen LogP contribution in [0.25, 0.3) is 0 Å². The lowest BCUT2D eigenvalue weighted by Crippen LogP contribution is -2.47. The average molecular weight is 289 g/mol. The minimum Gasteiger partial charge on any atom is -0.381 e.